The van der Waals surface area contributed by atoms with Gasteiger partial charge in [0.05, 0.1) is 11.1 Å². The molecule has 0 unspecified atom stereocenters. The van der Waals surface area contributed by atoms with Crippen molar-refractivity contribution in [1.29, 1.82) is 0 Å². The van der Waals surface area contributed by atoms with Crippen LogP contribution >= 0.6 is 0 Å². The van der Waals surface area contributed by atoms with Crippen LogP contribution in [0.3, 0.4) is 0 Å². The first-order chi connectivity index (χ1) is 10.1. The van der Waals surface area contributed by atoms with Crippen molar-refractivity contribution >= 4 is 23.5 Å². The Bertz CT molecular complexity index is 620. The Morgan fingerprint density at radius 3 is 2.38 bits per heavy atom. The van der Waals surface area contributed by atoms with Crippen molar-refractivity contribution in [1.82, 2.24) is 4.90 Å². The maximum atomic E-state index is 12.2. The predicted octanol–water partition coefficient (Wildman–Crippen LogP) is 1.36. The molecule has 21 heavy (non-hydrogen) atoms. The molecule has 1 N–H and O–H groups in total. The Morgan fingerprint density at radius 2 is 1.71 bits per heavy atom. The molecule has 1 aromatic carbocycles. The van der Waals surface area contributed by atoms with E-state index in [2.05, 4.69) is 4.90 Å². The molecule has 0 aromatic heterocycles. The van der Waals surface area contributed by atoms with Crippen LogP contribution in [0.5, 0.6) is 0 Å². The van der Waals surface area contributed by atoms with Gasteiger partial charge < -0.3 is 10.0 Å². The van der Waals surface area contributed by atoms with E-state index in [9.17, 15) is 14.4 Å². The van der Waals surface area contributed by atoms with E-state index in [1.165, 1.54) is 6.42 Å². The van der Waals surface area contributed by atoms with E-state index in [1.807, 2.05) is 6.07 Å². The molecule has 6 heteroatoms. The van der Waals surface area contributed by atoms with Gasteiger partial charge in [-0.25, -0.2) is 0 Å². The SMILES string of the molecule is O=C(O)CN1C(=O)c2ccc(N3CCCCC3)cc2C1=O. The molecule has 1 aromatic rings. The highest BCUT2D eigenvalue weighted by molar-refractivity contribution is 6.22. The number of benzene rings is 1. The van der Waals surface area contributed by atoms with Crippen LogP contribution in [0.4, 0.5) is 5.69 Å². The van der Waals surface area contributed by atoms with Crippen molar-refractivity contribution in [2.75, 3.05) is 24.5 Å². The predicted molar refractivity (Wildman–Crippen MR) is 75.5 cm³/mol. The van der Waals surface area contributed by atoms with Crippen molar-refractivity contribution in [2.45, 2.75) is 19.3 Å². The van der Waals surface area contributed by atoms with Gasteiger partial charge in [0, 0.05) is 18.8 Å². The lowest BCUT2D eigenvalue weighted by Gasteiger charge is -2.29. The van der Waals surface area contributed by atoms with Crippen molar-refractivity contribution in [2.24, 2.45) is 0 Å². The summed E-state index contributed by atoms with van der Waals surface area (Å²) in [7, 11) is 0. The van der Waals surface area contributed by atoms with Gasteiger partial charge in [0.2, 0.25) is 0 Å². The quantitative estimate of drug-likeness (QED) is 0.850. The number of carbonyl (C=O) groups is 3. The van der Waals surface area contributed by atoms with E-state index in [4.69, 9.17) is 5.11 Å². The van der Waals surface area contributed by atoms with E-state index in [0.29, 0.717) is 11.1 Å². The first-order valence-electron chi connectivity index (χ1n) is 7.05. The Labute approximate surface area is 122 Å². The lowest BCUT2D eigenvalue weighted by molar-refractivity contribution is -0.137. The third kappa shape index (κ3) is 2.37. The summed E-state index contributed by atoms with van der Waals surface area (Å²) in [5, 5.41) is 8.79. The molecule has 0 radical (unpaired) electrons. The normalized spacial score (nSPS) is 18.1. The summed E-state index contributed by atoms with van der Waals surface area (Å²) >= 11 is 0. The third-order valence-electron chi connectivity index (χ3n) is 3.97. The van der Waals surface area contributed by atoms with Gasteiger partial charge in [-0.1, -0.05) is 0 Å². The summed E-state index contributed by atoms with van der Waals surface area (Å²) in [6.07, 6.45) is 3.45. The molecule has 0 atom stereocenters. The van der Waals surface area contributed by atoms with E-state index >= 15 is 0 Å². The zero-order chi connectivity index (χ0) is 15.0. The topological polar surface area (TPSA) is 77.9 Å². The zero-order valence-corrected chi connectivity index (χ0v) is 11.5. The first kappa shape index (κ1) is 13.6. The van der Waals surface area contributed by atoms with Gasteiger partial charge in [-0.2, -0.15) is 0 Å². The molecular formula is C15H16N2O4. The second kappa shape index (κ2) is 5.20. The smallest absolute Gasteiger partial charge is 0.323 e. The molecule has 0 spiro atoms. The average Bonchev–Trinajstić information content (AvgIpc) is 2.72. The number of rotatable bonds is 3. The van der Waals surface area contributed by atoms with Gasteiger partial charge in [-0.15, -0.1) is 0 Å². The second-order valence-corrected chi connectivity index (χ2v) is 5.37. The molecule has 0 bridgehead atoms. The highest BCUT2D eigenvalue weighted by atomic mass is 16.4. The van der Waals surface area contributed by atoms with Crippen LogP contribution < -0.4 is 4.90 Å². The lowest BCUT2D eigenvalue weighted by atomic mass is 10.1. The highest BCUT2D eigenvalue weighted by Gasteiger charge is 2.37. The largest absolute Gasteiger partial charge is 0.480 e. The van der Waals surface area contributed by atoms with Crippen LogP contribution in [0.15, 0.2) is 18.2 Å². The molecule has 1 fully saturated rings. The van der Waals surface area contributed by atoms with Crippen LogP contribution in [-0.2, 0) is 4.79 Å². The van der Waals surface area contributed by atoms with Gasteiger partial charge in [0.15, 0.2) is 0 Å². The molecule has 3 rings (SSSR count). The molecule has 2 heterocycles. The summed E-state index contributed by atoms with van der Waals surface area (Å²) < 4.78 is 0. The Balaban J connectivity index is 1.90. The van der Waals surface area contributed by atoms with E-state index in [0.717, 1.165) is 36.5 Å². The maximum Gasteiger partial charge on any atom is 0.323 e. The maximum absolute atomic E-state index is 12.2. The number of hydrogen-bond acceptors (Lipinski definition) is 4. The van der Waals surface area contributed by atoms with Gasteiger partial charge >= 0.3 is 5.97 Å². The summed E-state index contributed by atoms with van der Waals surface area (Å²) in [6.45, 7) is 1.30. The minimum atomic E-state index is -1.19. The molecule has 110 valence electrons. The number of hydrogen-bond donors (Lipinski definition) is 1. The fraction of sp³-hybridized carbons (Fsp3) is 0.400. The van der Waals surface area contributed by atoms with Crippen molar-refractivity contribution in [3.8, 4) is 0 Å². The van der Waals surface area contributed by atoms with Crippen molar-refractivity contribution in [3.63, 3.8) is 0 Å². The Hall–Kier alpha value is -2.37. The number of piperidine rings is 1. The number of anilines is 1. The highest BCUT2D eigenvalue weighted by Crippen LogP contribution is 2.28. The number of carbonyl (C=O) groups excluding carboxylic acids is 2. The lowest BCUT2D eigenvalue weighted by Crippen LogP contribution is -2.34. The number of carboxylic acids is 1. The van der Waals surface area contributed by atoms with Crippen LogP contribution in [0.1, 0.15) is 40.0 Å². The minimum Gasteiger partial charge on any atom is -0.480 e. The van der Waals surface area contributed by atoms with Crippen LogP contribution in [0, 0.1) is 0 Å². The number of imide groups is 1. The Morgan fingerprint density at radius 1 is 1.05 bits per heavy atom. The monoisotopic (exact) mass is 288 g/mol. The fourth-order valence-corrected chi connectivity index (χ4v) is 2.91. The molecule has 2 amide bonds. The minimum absolute atomic E-state index is 0.294. The van der Waals surface area contributed by atoms with Crippen LogP contribution in [0.25, 0.3) is 0 Å². The van der Waals surface area contributed by atoms with E-state index < -0.39 is 24.3 Å². The molecule has 2 aliphatic heterocycles. The van der Waals surface area contributed by atoms with Crippen LogP contribution in [0.2, 0.25) is 0 Å². The van der Waals surface area contributed by atoms with Gasteiger partial charge in [0.25, 0.3) is 11.8 Å². The van der Waals surface area contributed by atoms with Crippen molar-refractivity contribution in [3.05, 3.63) is 29.3 Å². The fourth-order valence-electron chi connectivity index (χ4n) is 2.91. The summed E-state index contributed by atoms with van der Waals surface area (Å²) in [5.41, 5.74) is 1.53. The number of aliphatic carboxylic acids is 1. The number of fused-ring (bicyclic) bond motifs is 1. The molecule has 6 nitrogen and oxygen atoms in total. The first-order valence-corrected chi connectivity index (χ1v) is 7.05. The van der Waals surface area contributed by atoms with Crippen LogP contribution in [-0.4, -0.2) is 47.4 Å². The number of carboxylic acid groups (broad SMARTS) is 1. The van der Waals surface area contributed by atoms with E-state index in [-0.39, 0.29) is 0 Å². The third-order valence-corrected chi connectivity index (χ3v) is 3.97. The summed E-state index contributed by atoms with van der Waals surface area (Å²) in [6, 6.07) is 5.17. The Kier molecular flexibility index (Phi) is 3.37. The standard InChI is InChI=1S/C15H16N2O4/c18-13(19)9-17-14(20)11-5-4-10(8-12(11)15(17)21)16-6-2-1-3-7-16/h4-5,8H,1-3,6-7,9H2,(H,18,19). The number of amides is 2. The second-order valence-electron chi connectivity index (χ2n) is 5.37. The van der Waals surface area contributed by atoms with Gasteiger partial charge in [-0.05, 0) is 37.5 Å². The van der Waals surface area contributed by atoms with Gasteiger partial charge in [-0.3, -0.25) is 19.3 Å². The average molecular weight is 288 g/mol. The van der Waals surface area contributed by atoms with Crippen molar-refractivity contribution < 1.29 is 19.5 Å². The zero-order valence-electron chi connectivity index (χ0n) is 11.5. The molecular weight excluding hydrogens is 272 g/mol. The summed E-state index contributed by atoms with van der Waals surface area (Å²) in [5.74, 6) is -2.24. The summed E-state index contributed by atoms with van der Waals surface area (Å²) in [4.78, 5) is 38.0. The molecule has 0 aliphatic carbocycles. The molecule has 2 aliphatic rings. The molecule has 1 saturated heterocycles. The number of nitrogens with zero attached hydrogens (tertiary/aromatic N) is 2. The van der Waals surface area contributed by atoms with E-state index in [1.54, 1.807) is 12.1 Å². The molecule has 0 saturated carbocycles. The van der Waals surface area contributed by atoms with Gasteiger partial charge in [0.1, 0.15) is 6.54 Å².